The molecule has 0 amide bonds. The van der Waals surface area contributed by atoms with Gasteiger partial charge in [0.1, 0.15) is 0 Å². The second-order valence-corrected chi connectivity index (χ2v) is 1.41. The van der Waals surface area contributed by atoms with Crippen molar-refractivity contribution in [3.05, 3.63) is 24.6 Å². The molecule has 0 spiro atoms. The molecular formula is H9N4O4PPt-4. The molecule has 0 heterocycles. The van der Waals surface area contributed by atoms with E-state index in [-0.39, 0.29) is 45.7 Å². The molecule has 0 bridgehead atoms. The van der Waals surface area contributed by atoms with Crippen LogP contribution in [0, 0.1) is 0 Å². The Kier molecular flexibility index (Phi) is 75.0. The first-order valence-electron chi connectivity index (χ1n) is 0.748. The van der Waals surface area contributed by atoms with Gasteiger partial charge in [0.05, 0.1) is 7.82 Å². The van der Waals surface area contributed by atoms with E-state index in [0.29, 0.717) is 0 Å². The Labute approximate surface area is 73.2 Å². The first kappa shape index (κ1) is 45.9. The summed E-state index contributed by atoms with van der Waals surface area (Å²) in [6, 6.07) is 0. The Morgan fingerprint density at radius 3 is 1.00 bits per heavy atom. The van der Waals surface area contributed by atoms with E-state index in [1.165, 1.54) is 0 Å². The summed E-state index contributed by atoms with van der Waals surface area (Å²) in [6.45, 7) is 0. The molecule has 0 aliphatic rings. The third-order valence-electron chi connectivity index (χ3n) is 0. The molecule has 9 N–H and O–H groups in total. The van der Waals surface area contributed by atoms with E-state index < -0.39 is 7.82 Å². The first-order chi connectivity index (χ1) is 2.00. The van der Waals surface area contributed by atoms with E-state index in [1.807, 2.05) is 0 Å². The summed E-state index contributed by atoms with van der Waals surface area (Å²) in [5, 5.41) is 0. The van der Waals surface area contributed by atoms with E-state index in [0.717, 1.165) is 0 Å². The molecule has 0 aliphatic carbocycles. The Balaban J connectivity index is -0.00000000800. The number of rotatable bonds is 0. The van der Waals surface area contributed by atoms with Gasteiger partial charge in [0.15, 0.2) is 0 Å². The molecule has 10 heavy (non-hydrogen) atoms. The van der Waals surface area contributed by atoms with Crippen molar-refractivity contribution < 1.29 is 40.3 Å². The van der Waals surface area contributed by atoms with Gasteiger partial charge >= 0.3 is 21.1 Å². The van der Waals surface area contributed by atoms with E-state index >= 15 is 0 Å². The Bertz CT molecular complexity index is 63.4. The first-order valence-corrected chi connectivity index (χ1v) is 2.24. The van der Waals surface area contributed by atoms with Crippen molar-refractivity contribution in [2.45, 2.75) is 0 Å². The molecule has 0 fully saturated rings. The van der Waals surface area contributed by atoms with Gasteiger partial charge in [0.25, 0.3) is 0 Å². The van der Waals surface area contributed by atoms with Crippen LogP contribution in [-0.4, -0.2) is 4.89 Å². The maximum Gasteiger partial charge on any atom is 2.00 e. The van der Waals surface area contributed by atoms with Crippen LogP contribution >= 0.6 is 7.82 Å². The van der Waals surface area contributed by atoms with Crippen molar-refractivity contribution in [2.24, 2.45) is 0 Å². The van der Waals surface area contributed by atoms with E-state index in [9.17, 15) is 0 Å². The summed E-state index contributed by atoms with van der Waals surface area (Å²) in [5.41, 5.74) is 0. The van der Waals surface area contributed by atoms with E-state index in [1.54, 1.807) is 0 Å². The van der Waals surface area contributed by atoms with Gasteiger partial charge < -0.3 is 43.8 Å². The number of nitrogens with two attached hydrogens (primary N) is 4. The third-order valence-corrected chi connectivity index (χ3v) is 0. The average molecular weight is 355 g/mol. The maximum atomic E-state index is 8.66. The van der Waals surface area contributed by atoms with Crippen molar-refractivity contribution in [3.8, 4) is 0 Å². The van der Waals surface area contributed by atoms with Crippen LogP contribution in [0.4, 0.5) is 0 Å². The van der Waals surface area contributed by atoms with E-state index in [2.05, 4.69) is 0 Å². The minimum atomic E-state index is -5.14. The number of phosphoric acid groups is 1. The van der Waals surface area contributed by atoms with Crippen molar-refractivity contribution >= 4 is 7.82 Å². The molecule has 8 nitrogen and oxygen atoms in total. The van der Waals surface area contributed by atoms with Crippen molar-refractivity contribution in [1.29, 1.82) is 0 Å². The quantitative estimate of drug-likeness (QED) is 0.619. The van der Waals surface area contributed by atoms with Crippen LogP contribution in [0.3, 0.4) is 0 Å². The van der Waals surface area contributed by atoms with Gasteiger partial charge in [0.2, 0.25) is 0 Å². The molecule has 0 aromatic rings. The standard InChI is InChI=1S/4H2N.H3O4P.Pt/c;;;;1-5(2,3)4;/h4*1H2;(H3,1,2,3,4);/q4*-1;;+2/p-2. The molecule has 0 radical (unpaired) electrons. The Morgan fingerprint density at radius 2 is 1.00 bits per heavy atom. The second-order valence-electron chi connectivity index (χ2n) is 0.469. The monoisotopic (exact) mass is 355 g/mol. The van der Waals surface area contributed by atoms with Crippen LogP contribution < -0.4 is 9.79 Å². The molecule has 0 saturated carbocycles. The topological polar surface area (TPSA) is 217 Å². The average Bonchev–Trinajstić information content (AvgIpc) is 0.722. The van der Waals surface area contributed by atoms with Crippen LogP contribution in [0.5, 0.6) is 0 Å². The zero-order valence-electron chi connectivity index (χ0n) is 4.74. The SMILES string of the molecule is O=P([O-])([O-])O.[NH2-].[NH2-].[NH2-].[NH2-].[Pt+2]. The second kappa shape index (κ2) is 16.3. The van der Waals surface area contributed by atoms with Crippen LogP contribution in [-0.2, 0) is 25.6 Å². The summed E-state index contributed by atoms with van der Waals surface area (Å²) in [7, 11) is -5.14. The van der Waals surface area contributed by atoms with Crippen LogP contribution in [0.15, 0.2) is 0 Å². The van der Waals surface area contributed by atoms with Crippen molar-refractivity contribution in [3.63, 3.8) is 0 Å². The summed E-state index contributed by atoms with van der Waals surface area (Å²) in [5.74, 6) is 0. The fourth-order valence-electron chi connectivity index (χ4n) is 0. The van der Waals surface area contributed by atoms with Crippen LogP contribution in [0.25, 0.3) is 24.6 Å². The molecule has 0 aliphatic heterocycles. The molecule has 0 atom stereocenters. The van der Waals surface area contributed by atoms with Gasteiger partial charge in [-0.1, -0.05) is 0 Å². The van der Waals surface area contributed by atoms with Gasteiger partial charge in [0, 0.05) is 0 Å². The van der Waals surface area contributed by atoms with Gasteiger partial charge in [-0.25, -0.2) is 0 Å². The van der Waals surface area contributed by atoms with Crippen molar-refractivity contribution in [2.75, 3.05) is 0 Å². The smallest absolute Gasteiger partial charge is 0.790 e. The summed E-state index contributed by atoms with van der Waals surface area (Å²) < 4.78 is 8.66. The number of hydrogen-bond acceptors (Lipinski definition) is 3. The molecule has 0 aromatic carbocycles. The van der Waals surface area contributed by atoms with E-state index in [4.69, 9.17) is 19.2 Å². The Hall–Kier alpha value is 0.638. The molecule has 10 heteroatoms. The van der Waals surface area contributed by atoms with Gasteiger partial charge in [-0.15, -0.1) is 0 Å². The molecule has 0 unspecified atom stereocenters. The van der Waals surface area contributed by atoms with Gasteiger partial charge in [-0.3, -0.25) is 0 Å². The zero-order valence-corrected chi connectivity index (χ0v) is 7.91. The molecule has 0 aromatic heterocycles. The largest absolute Gasteiger partial charge is 2.00 e. The number of hydrogen-bond donors (Lipinski definition) is 1. The molecular weight excluding hydrogens is 346 g/mol. The Morgan fingerprint density at radius 1 is 1.00 bits per heavy atom. The molecule has 72 valence electrons. The fraction of sp³-hybridized carbons (Fsp3) is 0. The fourth-order valence-corrected chi connectivity index (χ4v) is 0. The van der Waals surface area contributed by atoms with Crippen molar-refractivity contribution in [1.82, 2.24) is 0 Å². The predicted octanol–water partition coefficient (Wildman–Crippen LogP) is 0.673. The minimum Gasteiger partial charge on any atom is -0.790 e. The van der Waals surface area contributed by atoms with Crippen LogP contribution in [0.1, 0.15) is 0 Å². The predicted molar refractivity (Wildman–Crippen MR) is 31.0 cm³/mol. The summed E-state index contributed by atoms with van der Waals surface area (Å²) >= 11 is 0. The minimum absolute atomic E-state index is 0. The molecule has 0 rings (SSSR count). The molecule has 0 saturated heterocycles. The third kappa shape index (κ3) is 1240. The normalized spacial score (nSPS) is 5.90. The van der Waals surface area contributed by atoms with Crippen LogP contribution in [0.2, 0.25) is 0 Å². The zero-order chi connectivity index (χ0) is 4.50. The summed E-state index contributed by atoms with van der Waals surface area (Å²) in [6.07, 6.45) is 0. The van der Waals surface area contributed by atoms with Gasteiger partial charge in [-0.05, 0) is 0 Å². The maximum absolute atomic E-state index is 8.66. The van der Waals surface area contributed by atoms with Gasteiger partial charge in [-0.2, -0.15) is 0 Å². The summed E-state index contributed by atoms with van der Waals surface area (Å²) in [4.78, 5) is 24.3.